The Morgan fingerprint density at radius 2 is 2.03 bits per heavy atom. The summed E-state index contributed by atoms with van der Waals surface area (Å²) >= 11 is 0. The molecular weight excluding hydrogens is 420 g/mol. The summed E-state index contributed by atoms with van der Waals surface area (Å²) in [6.07, 6.45) is 6.10. The fraction of sp³-hybridized carbons (Fsp3) is 0.333. The minimum atomic E-state index is -0.0952. The van der Waals surface area contributed by atoms with Crippen LogP contribution >= 0.6 is 0 Å². The molecule has 9 heteroatoms. The number of aryl methyl sites for hydroxylation is 1. The maximum Gasteiger partial charge on any atom is 0.227 e. The molecule has 3 aromatic heterocycles. The van der Waals surface area contributed by atoms with Gasteiger partial charge in [-0.2, -0.15) is 4.98 Å². The van der Waals surface area contributed by atoms with E-state index in [9.17, 15) is 4.79 Å². The highest BCUT2D eigenvalue weighted by molar-refractivity contribution is 5.94. The minimum absolute atomic E-state index is 0.0952. The molecule has 5 rings (SSSR count). The number of pyridine rings is 1. The van der Waals surface area contributed by atoms with E-state index in [0.717, 1.165) is 61.5 Å². The monoisotopic (exact) mass is 446 g/mol. The van der Waals surface area contributed by atoms with Gasteiger partial charge in [0.15, 0.2) is 0 Å². The summed E-state index contributed by atoms with van der Waals surface area (Å²) in [5, 5.41) is 8.03. The van der Waals surface area contributed by atoms with E-state index in [1.165, 1.54) is 0 Å². The van der Waals surface area contributed by atoms with Crippen LogP contribution in [0.25, 0.3) is 22.3 Å². The Balaban J connectivity index is 1.15. The van der Waals surface area contributed by atoms with E-state index in [4.69, 9.17) is 9.26 Å². The lowest BCUT2D eigenvalue weighted by atomic mass is 10.2. The van der Waals surface area contributed by atoms with Crippen molar-refractivity contribution >= 4 is 22.5 Å². The van der Waals surface area contributed by atoms with Crippen LogP contribution in [0.5, 0.6) is 0 Å². The smallest absolute Gasteiger partial charge is 0.227 e. The Morgan fingerprint density at radius 3 is 2.88 bits per heavy atom. The maximum atomic E-state index is 12.4. The number of carbonyl (C=O) groups excluding carboxylic acids is 1. The van der Waals surface area contributed by atoms with E-state index >= 15 is 0 Å². The zero-order valence-electron chi connectivity index (χ0n) is 18.3. The van der Waals surface area contributed by atoms with Crippen molar-refractivity contribution < 1.29 is 14.1 Å². The van der Waals surface area contributed by atoms with Gasteiger partial charge in [-0.25, -0.2) is 0 Å². The number of morpholine rings is 1. The van der Waals surface area contributed by atoms with Gasteiger partial charge in [-0.3, -0.25) is 14.7 Å². The van der Waals surface area contributed by atoms with Crippen molar-refractivity contribution in [3.8, 4) is 11.4 Å². The standard InChI is InChI=1S/C24H26N6O3/c31-22(5-6-23-27-24(28-33-23)19-2-1-8-25-17-19)26-20-3-4-21-18(16-20)7-9-30(21)11-10-29-12-14-32-15-13-29/h1-4,7-9,16-17H,5-6,10-15H2,(H,26,31). The lowest BCUT2D eigenvalue weighted by Gasteiger charge is -2.26. The summed E-state index contributed by atoms with van der Waals surface area (Å²) in [7, 11) is 0. The Bertz CT molecular complexity index is 1210. The highest BCUT2D eigenvalue weighted by Crippen LogP contribution is 2.21. The van der Waals surface area contributed by atoms with Crippen molar-refractivity contribution in [1.82, 2.24) is 24.6 Å². The molecule has 1 aliphatic rings. The topological polar surface area (TPSA) is 98.3 Å². The highest BCUT2D eigenvalue weighted by Gasteiger charge is 2.13. The van der Waals surface area contributed by atoms with Gasteiger partial charge >= 0.3 is 0 Å². The number of nitrogens with zero attached hydrogens (tertiary/aromatic N) is 5. The number of benzene rings is 1. The lowest BCUT2D eigenvalue weighted by Crippen LogP contribution is -2.38. The van der Waals surface area contributed by atoms with Gasteiger partial charge in [-0.05, 0) is 36.4 Å². The van der Waals surface area contributed by atoms with Crippen LogP contribution in [0, 0.1) is 0 Å². The summed E-state index contributed by atoms with van der Waals surface area (Å²) in [6, 6.07) is 11.8. The molecule has 1 amide bonds. The molecule has 1 aromatic carbocycles. The van der Waals surface area contributed by atoms with Gasteiger partial charge in [0.2, 0.25) is 17.6 Å². The zero-order valence-corrected chi connectivity index (χ0v) is 18.3. The van der Waals surface area contributed by atoms with Crippen molar-refractivity contribution in [1.29, 1.82) is 0 Å². The maximum absolute atomic E-state index is 12.4. The molecule has 4 aromatic rings. The van der Waals surface area contributed by atoms with Crippen LogP contribution in [0.15, 0.2) is 59.5 Å². The predicted octanol–water partition coefficient (Wildman–Crippen LogP) is 2.99. The molecule has 0 spiro atoms. The molecule has 1 fully saturated rings. The van der Waals surface area contributed by atoms with Crippen LogP contribution in [0.4, 0.5) is 5.69 Å². The molecule has 1 saturated heterocycles. The molecule has 1 N–H and O–H groups in total. The number of ether oxygens (including phenoxy) is 1. The molecule has 0 atom stereocenters. The normalized spacial score (nSPS) is 14.5. The molecule has 0 unspecified atom stereocenters. The second kappa shape index (κ2) is 9.93. The SMILES string of the molecule is O=C(CCc1nc(-c2cccnc2)no1)Nc1ccc2c(ccn2CCN2CCOCC2)c1. The van der Waals surface area contributed by atoms with Gasteiger partial charge in [0.25, 0.3) is 0 Å². The molecule has 0 radical (unpaired) electrons. The number of rotatable bonds is 8. The van der Waals surface area contributed by atoms with E-state index in [0.29, 0.717) is 18.1 Å². The quantitative estimate of drug-likeness (QED) is 0.444. The van der Waals surface area contributed by atoms with Crippen LogP contribution in [-0.2, 0) is 22.5 Å². The Morgan fingerprint density at radius 1 is 1.12 bits per heavy atom. The Labute approximate surface area is 191 Å². The molecule has 170 valence electrons. The molecule has 0 saturated carbocycles. The van der Waals surface area contributed by atoms with Crippen LogP contribution in [-0.4, -0.2) is 63.3 Å². The lowest BCUT2D eigenvalue weighted by molar-refractivity contribution is -0.116. The molecular formula is C24H26N6O3. The third kappa shape index (κ3) is 5.27. The van der Waals surface area contributed by atoms with Gasteiger partial charge in [0.05, 0.1) is 13.2 Å². The van der Waals surface area contributed by atoms with E-state index in [1.54, 1.807) is 12.4 Å². The zero-order chi connectivity index (χ0) is 22.5. The fourth-order valence-electron chi connectivity index (χ4n) is 3.96. The first-order valence-electron chi connectivity index (χ1n) is 11.2. The first kappa shape index (κ1) is 21.3. The third-order valence-corrected chi connectivity index (χ3v) is 5.77. The molecule has 9 nitrogen and oxygen atoms in total. The second-order valence-corrected chi connectivity index (χ2v) is 8.04. The van der Waals surface area contributed by atoms with Gasteiger partial charge in [0.1, 0.15) is 0 Å². The molecule has 33 heavy (non-hydrogen) atoms. The van der Waals surface area contributed by atoms with Crippen LogP contribution < -0.4 is 5.32 Å². The molecule has 4 heterocycles. The second-order valence-electron chi connectivity index (χ2n) is 8.04. The van der Waals surface area contributed by atoms with Gasteiger partial charge in [0, 0.05) is 79.8 Å². The summed E-state index contributed by atoms with van der Waals surface area (Å²) in [4.78, 5) is 23.3. The summed E-state index contributed by atoms with van der Waals surface area (Å²) in [5.74, 6) is 0.807. The van der Waals surface area contributed by atoms with E-state index in [1.807, 2.05) is 24.3 Å². The van der Waals surface area contributed by atoms with Crippen molar-refractivity contribution in [2.24, 2.45) is 0 Å². The predicted molar refractivity (Wildman–Crippen MR) is 124 cm³/mol. The van der Waals surface area contributed by atoms with Crippen molar-refractivity contribution in [2.45, 2.75) is 19.4 Å². The fourth-order valence-corrected chi connectivity index (χ4v) is 3.96. The van der Waals surface area contributed by atoms with Crippen molar-refractivity contribution in [3.05, 3.63) is 60.9 Å². The summed E-state index contributed by atoms with van der Waals surface area (Å²) in [5.41, 5.74) is 2.72. The molecule has 1 aliphatic heterocycles. The van der Waals surface area contributed by atoms with Crippen molar-refractivity contribution in [3.63, 3.8) is 0 Å². The number of fused-ring (bicyclic) bond motifs is 1. The largest absolute Gasteiger partial charge is 0.379 e. The van der Waals surface area contributed by atoms with Gasteiger partial charge in [-0.1, -0.05) is 5.16 Å². The number of hydrogen-bond acceptors (Lipinski definition) is 7. The highest BCUT2D eigenvalue weighted by atomic mass is 16.5. The van der Waals surface area contributed by atoms with E-state index < -0.39 is 0 Å². The number of carbonyl (C=O) groups is 1. The first-order valence-corrected chi connectivity index (χ1v) is 11.2. The number of amides is 1. The van der Waals surface area contributed by atoms with Crippen molar-refractivity contribution in [2.75, 3.05) is 38.2 Å². The van der Waals surface area contributed by atoms with E-state index in [2.05, 4.69) is 48.2 Å². The summed E-state index contributed by atoms with van der Waals surface area (Å²) < 4.78 is 12.9. The number of nitrogens with one attached hydrogen (secondary N) is 1. The van der Waals surface area contributed by atoms with E-state index in [-0.39, 0.29) is 12.3 Å². The number of hydrogen-bond donors (Lipinski definition) is 1. The van der Waals surface area contributed by atoms with Crippen LogP contribution in [0.1, 0.15) is 12.3 Å². The van der Waals surface area contributed by atoms with Gasteiger partial charge in [-0.15, -0.1) is 0 Å². The van der Waals surface area contributed by atoms with Crippen LogP contribution in [0.3, 0.4) is 0 Å². The molecule has 0 bridgehead atoms. The minimum Gasteiger partial charge on any atom is -0.379 e. The third-order valence-electron chi connectivity index (χ3n) is 5.77. The van der Waals surface area contributed by atoms with Gasteiger partial charge < -0.3 is 19.1 Å². The number of aromatic nitrogens is 4. The average Bonchev–Trinajstić information content (AvgIpc) is 3.50. The van der Waals surface area contributed by atoms with Crippen LogP contribution in [0.2, 0.25) is 0 Å². The number of anilines is 1. The Hall–Kier alpha value is -3.56. The first-order chi connectivity index (χ1) is 16.2. The Kier molecular flexibility index (Phi) is 6.41. The average molecular weight is 447 g/mol. The summed E-state index contributed by atoms with van der Waals surface area (Å²) in [6.45, 7) is 5.54. The molecule has 0 aliphatic carbocycles.